The number of benzene rings is 2. The molecule has 0 amide bonds. The summed E-state index contributed by atoms with van der Waals surface area (Å²) in [5, 5.41) is 8.78. The molecule has 152 valence electrons. The van der Waals surface area contributed by atoms with Crippen molar-refractivity contribution in [3.05, 3.63) is 53.6 Å². The van der Waals surface area contributed by atoms with Crippen LogP contribution in [0.5, 0.6) is 11.5 Å². The number of carbonyl (C=O) groups is 1. The molecule has 0 unspecified atom stereocenters. The van der Waals surface area contributed by atoms with Crippen LogP contribution >= 0.6 is 23.4 Å². The second kappa shape index (κ2) is 10.7. The van der Waals surface area contributed by atoms with E-state index >= 15 is 0 Å². The molecule has 0 atom stereocenters. The molecule has 0 N–H and O–H groups in total. The van der Waals surface area contributed by atoms with Gasteiger partial charge in [0.2, 0.25) is 5.89 Å². The standard InChI is InChI=1S/C20H19ClN2O5S/c1-2-25-16-7-9-17(10-8-16)26-11-12-27-18(24)13-29-20-23-22-19(28-20)14-3-5-15(21)6-4-14/h3-10H,2,11-13H2,1H3. The monoisotopic (exact) mass is 434 g/mol. The topological polar surface area (TPSA) is 83.7 Å². The lowest BCUT2D eigenvalue weighted by molar-refractivity contribution is -0.141. The average Bonchev–Trinajstić information content (AvgIpc) is 3.21. The van der Waals surface area contributed by atoms with E-state index in [0.29, 0.717) is 23.3 Å². The van der Waals surface area contributed by atoms with Crippen LogP contribution in [-0.4, -0.2) is 41.7 Å². The lowest BCUT2D eigenvalue weighted by Crippen LogP contribution is -2.13. The minimum atomic E-state index is -0.392. The van der Waals surface area contributed by atoms with Crippen LogP contribution < -0.4 is 9.47 Å². The van der Waals surface area contributed by atoms with E-state index in [4.69, 9.17) is 30.2 Å². The number of thioether (sulfide) groups is 1. The van der Waals surface area contributed by atoms with Gasteiger partial charge in [-0.05, 0) is 55.5 Å². The summed E-state index contributed by atoms with van der Waals surface area (Å²) in [5.41, 5.74) is 0.753. The van der Waals surface area contributed by atoms with Gasteiger partial charge in [-0.2, -0.15) is 0 Å². The number of halogens is 1. The van der Waals surface area contributed by atoms with Crippen molar-refractivity contribution in [2.45, 2.75) is 12.1 Å². The first-order valence-electron chi connectivity index (χ1n) is 8.87. The highest BCUT2D eigenvalue weighted by Gasteiger charge is 2.12. The molecule has 29 heavy (non-hydrogen) atoms. The van der Waals surface area contributed by atoms with Crippen LogP contribution in [0, 0.1) is 0 Å². The number of esters is 1. The van der Waals surface area contributed by atoms with Crippen molar-refractivity contribution in [2.75, 3.05) is 25.6 Å². The van der Waals surface area contributed by atoms with Crippen molar-refractivity contribution in [3.63, 3.8) is 0 Å². The van der Waals surface area contributed by atoms with Crippen LogP contribution in [0.3, 0.4) is 0 Å². The van der Waals surface area contributed by atoms with Gasteiger partial charge < -0.3 is 18.6 Å². The van der Waals surface area contributed by atoms with Gasteiger partial charge >= 0.3 is 5.97 Å². The summed E-state index contributed by atoms with van der Waals surface area (Å²) in [6, 6.07) is 14.3. The quantitative estimate of drug-likeness (QED) is 0.262. The summed E-state index contributed by atoms with van der Waals surface area (Å²) in [6.07, 6.45) is 0. The fourth-order valence-electron chi connectivity index (χ4n) is 2.25. The number of hydrogen-bond donors (Lipinski definition) is 0. The van der Waals surface area contributed by atoms with E-state index in [1.165, 1.54) is 0 Å². The molecule has 0 aliphatic carbocycles. The Hall–Kier alpha value is -2.71. The Kier molecular flexibility index (Phi) is 7.77. The van der Waals surface area contributed by atoms with Crippen LogP contribution in [0.15, 0.2) is 58.2 Å². The molecular formula is C20H19ClN2O5S. The lowest BCUT2D eigenvalue weighted by atomic mass is 10.2. The van der Waals surface area contributed by atoms with E-state index in [-0.39, 0.29) is 24.2 Å². The fraction of sp³-hybridized carbons (Fsp3) is 0.250. The van der Waals surface area contributed by atoms with Gasteiger partial charge in [-0.15, -0.1) is 10.2 Å². The summed E-state index contributed by atoms with van der Waals surface area (Å²) < 4.78 is 21.5. The molecular weight excluding hydrogens is 416 g/mol. The Bertz CT molecular complexity index is 915. The van der Waals surface area contributed by atoms with Crippen molar-refractivity contribution < 1.29 is 23.4 Å². The second-order valence-corrected chi connectivity index (χ2v) is 7.01. The predicted molar refractivity (Wildman–Crippen MR) is 110 cm³/mol. The largest absolute Gasteiger partial charge is 0.494 e. The first-order chi connectivity index (χ1) is 14.1. The minimum Gasteiger partial charge on any atom is -0.494 e. The molecule has 0 bridgehead atoms. The van der Waals surface area contributed by atoms with Gasteiger partial charge in [0, 0.05) is 10.6 Å². The van der Waals surface area contributed by atoms with E-state index in [2.05, 4.69) is 10.2 Å². The van der Waals surface area contributed by atoms with Gasteiger partial charge in [-0.25, -0.2) is 0 Å². The number of ether oxygens (including phenoxy) is 3. The second-order valence-electron chi connectivity index (χ2n) is 5.64. The molecule has 3 rings (SSSR count). The Morgan fingerprint density at radius 2 is 1.69 bits per heavy atom. The van der Waals surface area contributed by atoms with Gasteiger partial charge in [0.25, 0.3) is 5.22 Å². The highest BCUT2D eigenvalue weighted by molar-refractivity contribution is 7.99. The van der Waals surface area contributed by atoms with E-state index in [1.54, 1.807) is 36.4 Å². The van der Waals surface area contributed by atoms with Gasteiger partial charge in [-0.3, -0.25) is 4.79 Å². The molecule has 0 saturated heterocycles. The third kappa shape index (κ3) is 6.69. The van der Waals surface area contributed by atoms with E-state index in [9.17, 15) is 4.79 Å². The molecule has 0 spiro atoms. The predicted octanol–water partition coefficient (Wildman–Crippen LogP) is 4.50. The zero-order valence-electron chi connectivity index (χ0n) is 15.7. The van der Waals surface area contributed by atoms with Crippen LogP contribution in [0.25, 0.3) is 11.5 Å². The Labute approximate surface area is 177 Å². The van der Waals surface area contributed by atoms with Crippen molar-refractivity contribution in [1.82, 2.24) is 10.2 Å². The van der Waals surface area contributed by atoms with E-state index in [1.807, 2.05) is 19.1 Å². The Morgan fingerprint density at radius 3 is 2.38 bits per heavy atom. The molecule has 9 heteroatoms. The maximum absolute atomic E-state index is 11.8. The first kappa shape index (κ1) is 21.0. The van der Waals surface area contributed by atoms with Crippen molar-refractivity contribution in [3.8, 4) is 23.0 Å². The summed E-state index contributed by atoms with van der Waals surface area (Å²) in [4.78, 5) is 11.8. The number of carbonyl (C=O) groups excluding carboxylic acids is 1. The number of aromatic nitrogens is 2. The minimum absolute atomic E-state index is 0.0608. The smallest absolute Gasteiger partial charge is 0.316 e. The molecule has 1 heterocycles. The summed E-state index contributed by atoms with van der Waals surface area (Å²) in [7, 11) is 0. The van der Waals surface area contributed by atoms with E-state index < -0.39 is 5.97 Å². The maximum Gasteiger partial charge on any atom is 0.316 e. The van der Waals surface area contributed by atoms with Crippen molar-refractivity contribution >= 4 is 29.3 Å². The first-order valence-corrected chi connectivity index (χ1v) is 10.2. The molecule has 0 radical (unpaired) electrons. The average molecular weight is 435 g/mol. The van der Waals surface area contributed by atoms with Crippen LogP contribution in [0.1, 0.15) is 6.92 Å². The molecule has 0 fully saturated rings. The molecule has 2 aromatic carbocycles. The van der Waals surface area contributed by atoms with Gasteiger partial charge in [-0.1, -0.05) is 23.4 Å². The Balaban J connectivity index is 1.35. The SMILES string of the molecule is CCOc1ccc(OCCOC(=O)CSc2nnc(-c3ccc(Cl)cc3)o2)cc1. The highest BCUT2D eigenvalue weighted by Crippen LogP contribution is 2.24. The number of rotatable bonds is 10. The van der Waals surface area contributed by atoms with Gasteiger partial charge in [0.05, 0.1) is 6.61 Å². The molecule has 7 nitrogen and oxygen atoms in total. The van der Waals surface area contributed by atoms with Crippen LogP contribution in [0.2, 0.25) is 5.02 Å². The maximum atomic E-state index is 11.8. The fourth-order valence-corrected chi connectivity index (χ4v) is 2.94. The lowest BCUT2D eigenvalue weighted by Gasteiger charge is -2.08. The number of hydrogen-bond acceptors (Lipinski definition) is 8. The molecule has 0 aliphatic rings. The van der Waals surface area contributed by atoms with E-state index in [0.717, 1.165) is 23.1 Å². The number of nitrogens with zero attached hydrogens (tertiary/aromatic N) is 2. The molecule has 0 saturated carbocycles. The molecule has 3 aromatic rings. The Morgan fingerprint density at radius 1 is 1.00 bits per heavy atom. The summed E-state index contributed by atoms with van der Waals surface area (Å²) in [5.74, 6) is 1.49. The summed E-state index contributed by atoms with van der Waals surface area (Å²) in [6.45, 7) is 2.94. The normalized spacial score (nSPS) is 10.6. The van der Waals surface area contributed by atoms with Gasteiger partial charge in [0.15, 0.2) is 0 Å². The summed E-state index contributed by atoms with van der Waals surface area (Å²) >= 11 is 6.97. The van der Waals surface area contributed by atoms with Gasteiger partial charge in [0.1, 0.15) is 30.5 Å². The molecule has 1 aromatic heterocycles. The van der Waals surface area contributed by atoms with Crippen LogP contribution in [0.4, 0.5) is 0 Å². The van der Waals surface area contributed by atoms with Crippen molar-refractivity contribution in [1.29, 1.82) is 0 Å². The van der Waals surface area contributed by atoms with Crippen molar-refractivity contribution in [2.24, 2.45) is 0 Å². The zero-order chi connectivity index (χ0) is 20.5. The zero-order valence-corrected chi connectivity index (χ0v) is 17.2. The third-order valence-corrected chi connectivity index (χ3v) is 4.60. The van der Waals surface area contributed by atoms with Crippen LogP contribution in [-0.2, 0) is 9.53 Å². The third-order valence-electron chi connectivity index (χ3n) is 3.56. The highest BCUT2D eigenvalue weighted by atomic mass is 35.5. The molecule has 0 aliphatic heterocycles.